The molecule has 116 valence electrons. The molecule has 0 saturated carbocycles. The van der Waals surface area contributed by atoms with Crippen molar-refractivity contribution in [1.29, 1.82) is 0 Å². The van der Waals surface area contributed by atoms with E-state index in [4.69, 9.17) is 32.7 Å². The van der Waals surface area contributed by atoms with E-state index in [0.29, 0.717) is 22.0 Å². The van der Waals surface area contributed by atoms with Crippen molar-refractivity contribution < 1.29 is 14.3 Å². The van der Waals surface area contributed by atoms with Gasteiger partial charge in [-0.05, 0) is 41.8 Å². The number of ether oxygens (including phenoxy) is 2. The predicted octanol–water partition coefficient (Wildman–Crippen LogP) is 4.50. The zero-order chi connectivity index (χ0) is 16.1. The Kier molecular flexibility index (Phi) is 5.69. The van der Waals surface area contributed by atoms with E-state index in [-0.39, 0.29) is 5.97 Å². The van der Waals surface area contributed by atoms with Gasteiger partial charge in [0.15, 0.2) is 0 Å². The molecule has 0 heterocycles. The number of hydrogen-bond acceptors (Lipinski definition) is 3. The van der Waals surface area contributed by atoms with Gasteiger partial charge in [0.2, 0.25) is 0 Å². The molecule has 0 saturated heterocycles. The molecule has 0 amide bonds. The minimum atomic E-state index is -0.483. The zero-order valence-electron chi connectivity index (χ0n) is 12.3. The Morgan fingerprint density at radius 2 is 1.77 bits per heavy atom. The molecule has 22 heavy (non-hydrogen) atoms. The summed E-state index contributed by atoms with van der Waals surface area (Å²) in [6.07, 6.45) is 0.484. The molecule has 0 aliphatic carbocycles. The summed E-state index contributed by atoms with van der Waals surface area (Å²) in [5.74, 6) is -0.0499. The topological polar surface area (TPSA) is 35.5 Å². The highest BCUT2D eigenvalue weighted by molar-refractivity contribution is 6.35. The summed E-state index contributed by atoms with van der Waals surface area (Å²) in [6, 6.07) is 12.6. The average molecular weight is 339 g/mol. The van der Waals surface area contributed by atoms with Crippen LogP contribution >= 0.6 is 23.2 Å². The van der Waals surface area contributed by atoms with Crippen molar-refractivity contribution in [2.45, 2.75) is 12.3 Å². The van der Waals surface area contributed by atoms with E-state index in [0.717, 1.165) is 11.3 Å². The van der Waals surface area contributed by atoms with E-state index < -0.39 is 5.92 Å². The second-order valence-electron chi connectivity index (χ2n) is 4.79. The standard InChI is InChI=1S/C17H16Cl2O3/c1-21-13-6-3-11(4-7-13)9-15(17(20)22-2)14-8-5-12(18)10-16(14)19/h3-8,10,15H,9H2,1-2H3/t15-/m1/s1. The quantitative estimate of drug-likeness (QED) is 0.753. The summed E-state index contributed by atoms with van der Waals surface area (Å²) >= 11 is 12.1. The third kappa shape index (κ3) is 3.93. The van der Waals surface area contributed by atoms with Gasteiger partial charge in [-0.15, -0.1) is 0 Å². The number of carbonyl (C=O) groups is 1. The number of carbonyl (C=O) groups excluding carboxylic acids is 1. The summed E-state index contributed by atoms with van der Waals surface area (Å²) < 4.78 is 10.0. The summed E-state index contributed by atoms with van der Waals surface area (Å²) in [5, 5.41) is 0.984. The number of halogens is 2. The molecular formula is C17H16Cl2O3. The molecule has 1 atom stereocenters. The van der Waals surface area contributed by atoms with Crippen molar-refractivity contribution >= 4 is 29.2 Å². The van der Waals surface area contributed by atoms with Crippen LogP contribution in [0.25, 0.3) is 0 Å². The average Bonchev–Trinajstić information content (AvgIpc) is 2.53. The molecule has 0 unspecified atom stereocenters. The van der Waals surface area contributed by atoms with Crippen LogP contribution in [0.15, 0.2) is 42.5 Å². The van der Waals surface area contributed by atoms with Gasteiger partial charge in [0.05, 0.1) is 20.1 Å². The molecule has 0 fully saturated rings. The molecule has 5 heteroatoms. The number of methoxy groups -OCH3 is 2. The van der Waals surface area contributed by atoms with E-state index in [1.807, 2.05) is 24.3 Å². The molecule has 2 aromatic rings. The Morgan fingerprint density at radius 1 is 1.09 bits per heavy atom. The maximum atomic E-state index is 12.1. The molecule has 0 spiro atoms. The van der Waals surface area contributed by atoms with Crippen LogP contribution in [-0.4, -0.2) is 20.2 Å². The van der Waals surface area contributed by atoms with E-state index >= 15 is 0 Å². The summed E-state index contributed by atoms with van der Waals surface area (Å²) in [6.45, 7) is 0. The highest BCUT2D eigenvalue weighted by atomic mass is 35.5. The first-order chi connectivity index (χ1) is 10.5. The van der Waals surface area contributed by atoms with Crippen molar-refractivity contribution in [3.63, 3.8) is 0 Å². The molecule has 0 bridgehead atoms. The van der Waals surface area contributed by atoms with Crippen molar-refractivity contribution in [1.82, 2.24) is 0 Å². The Hall–Kier alpha value is -1.71. The summed E-state index contributed by atoms with van der Waals surface area (Å²) in [4.78, 5) is 12.1. The van der Waals surface area contributed by atoms with Crippen LogP contribution in [0.3, 0.4) is 0 Å². The van der Waals surface area contributed by atoms with Gasteiger partial charge < -0.3 is 9.47 Å². The normalized spacial score (nSPS) is 11.8. The lowest BCUT2D eigenvalue weighted by Crippen LogP contribution is -2.17. The van der Waals surface area contributed by atoms with Crippen LogP contribution in [-0.2, 0) is 16.0 Å². The van der Waals surface area contributed by atoms with E-state index in [1.165, 1.54) is 7.11 Å². The van der Waals surface area contributed by atoms with E-state index in [2.05, 4.69) is 0 Å². The second kappa shape index (κ2) is 7.52. The van der Waals surface area contributed by atoms with Crippen LogP contribution < -0.4 is 4.74 Å². The predicted molar refractivity (Wildman–Crippen MR) is 87.9 cm³/mol. The molecule has 3 nitrogen and oxygen atoms in total. The molecule has 0 aromatic heterocycles. The first kappa shape index (κ1) is 16.7. The Bertz CT molecular complexity index is 653. The third-order valence-corrected chi connectivity index (χ3v) is 3.98. The van der Waals surface area contributed by atoms with Gasteiger partial charge in [-0.25, -0.2) is 0 Å². The minimum absolute atomic E-state index is 0.333. The molecule has 2 rings (SSSR count). The first-order valence-electron chi connectivity index (χ1n) is 6.71. The minimum Gasteiger partial charge on any atom is -0.497 e. The fourth-order valence-electron chi connectivity index (χ4n) is 2.24. The summed E-state index contributed by atoms with van der Waals surface area (Å²) in [5.41, 5.74) is 1.69. The smallest absolute Gasteiger partial charge is 0.313 e. The Morgan fingerprint density at radius 3 is 2.32 bits per heavy atom. The van der Waals surface area contributed by atoms with E-state index in [9.17, 15) is 4.79 Å². The van der Waals surface area contributed by atoms with Crippen LogP contribution in [0.5, 0.6) is 5.75 Å². The fourth-order valence-corrected chi connectivity index (χ4v) is 2.78. The fraction of sp³-hybridized carbons (Fsp3) is 0.235. The largest absolute Gasteiger partial charge is 0.497 e. The molecule has 0 aliphatic heterocycles. The van der Waals surface area contributed by atoms with Crippen molar-refractivity contribution in [3.05, 3.63) is 63.6 Å². The second-order valence-corrected chi connectivity index (χ2v) is 5.64. The van der Waals surface area contributed by atoms with Gasteiger partial charge in [-0.3, -0.25) is 4.79 Å². The number of hydrogen-bond donors (Lipinski definition) is 0. The highest BCUT2D eigenvalue weighted by Crippen LogP contribution is 2.31. The van der Waals surface area contributed by atoms with Gasteiger partial charge >= 0.3 is 5.97 Å². The van der Waals surface area contributed by atoms with Gasteiger partial charge in [0.25, 0.3) is 0 Å². The lowest BCUT2D eigenvalue weighted by Gasteiger charge is -2.17. The Balaban J connectivity index is 2.31. The van der Waals surface area contributed by atoms with E-state index in [1.54, 1.807) is 25.3 Å². The van der Waals surface area contributed by atoms with Crippen molar-refractivity contribution in [2.75, 3.05) is 14.2 Å². The van der Waals surface area contributed by atoms with Crippen LogP contribution in [0, 0.1) is 0 Å². The van der Waals surface area contributed by atoms with Gasteiger partial charge in [-0.2, -0.15) is 0 Å². The third-order valence-electron chi connectivity index (χ3n) is 3.42. The Labute approximate surface area is 139 Å². The lowest BCUT2D eigenvalue weighted by molar-refractivity contribution is -0.142. The molecule has 0 aliphatic rings. The maximum Gasteiger partial charge on any atom is 0.313 e. The first-order valence-corrected chi connectivity index (χ1v) is 7.46. The molecular weight excluding hydrogens is 323 g/mol. The van der Waals surface area contributed by atoms with Crippen molar-refractivity contribution in [3.8, 4) is 5.75 Å². The molecule has 0 N–H and O–H groups in total. The number of esters is 1. The monoisotopic (exact) mass is 338 g/mol. The lowest BCUT2D eigenvalue weighted by atomic mass is 9.92. The van der Waals surface area contributed by atoms with Gasteiger partial charge in [0, 0.05) is 10.0 Å². The summed E-state index contributed by atoms with van der Waals surface area (Å²) in [7, 11) is 2.98. The van der Waals surface area contributed by atoms with Crippen LogP contribution in [0.1, 0.15) is 17.0 Å². The molecule has 0 radical (unpaired) electrons. The number of rotatable bonds is 5. The van der Waals surface area contributed by atoms with Crippen molar-refractivity contribution in [2.24, 2.45) is 0 Å². The maximum absolute atomic E-state index is 12.1. The SMILES string of the molecule is COC(=O)[C@H](Cc1ccc(OC)cc1)c1ccc(Cl)cc1Cl. The van der Waals surface area contributed by atoms with Gasteiger partial charge in [0.1, 0.15) is 5.75 Å². The van der Waals surface area contributed by atoms with Crippen LogP contribution in [0.2, 0.25) is 10.0 Å². The van der Waals surface area contributed by atoms with Crippen LogP contribution in [0.4, 0.5) is 0 Å². The highest BCUT2D eigenvalue weighted by Gasteiger charge is 2.24. The van der Waals surface area contributed by atoms with Gasteiger partial charge in [-0.1, -0.05) is 41.4 Å². The zero-order valence-corrected chi connectivity index (χ0v) is 13.8. The number of benzene rings is 2. The molecule has 2 aromatic carbocycles.